The minimum absolute atomic E-state index is 0.204. The number of hydrogen-bond donors (Lipinski definition) is 1. The van der Waals surface area contributed by atoms with Crippen LogP contribution in [0.15, 0.2) is 60.1 Å². The molecule has 0 aliphatic heterocycles. The molecule has 3 aromatic carbocycles. The molecule has 31 heavy (non-hydrogen) atoms. The summed E-state index contributed by atoms with van der Waals surface area (Å²) >= 11 is 1.61. The third kappa shape index (κ3) is 5.33. The second-order valence-corrected chi connectivity index (χ2v) is 8.78. The van der Waals surface area contributed by atoms with E-state index in [1.54, 1.807) is 11.3 Å². The standard InChI is InChI=1S/C25H22F2N2OS/c1-15-5-18(8-17-3-4-24-23(12-17)28-14-31-24)9-20(6-15)25(30)29-16(2)7-19-10-21(26)13-22(27)11-19/h3-6,9-14,16H,7-8H2,1-2H3,(H,29,30). The molecular weight excluding hydrogens is 414 g/mol. The molecule has 1 unspecified atom stereocenters. The number of benzene rings is 3. The second-order valence-electron chi connectivity index (χ2n) is 7.89. The molecule has 0 spiro atoms. The average molecular weight is 437 g/mol. The van der Waals surface area contributed by atoms with Crippen LogP contribution in [-0.4, -0.2) is 16.9 Å². The van der Waals surface area contributed by atoms with Gasteiger partial charge in [-0.05, 0) is 79.8 Å². The number of carbonyl (C=O) groups excluding carboxylic acids is 1. The maximum atomic E-state index is 13.4. The zero-order valence-corrected chi connectivity index (χ0v) is 18.1. The SMILES string of the molecule is Cc1cc(Cc2ccc3scnc3c2)cc(C(=O)NC(C)Cc2cc(F)cc(F)c2)c1. The molecule has 0 aliphatic rings. The van der Waals surface area contributed by atoms with E-state index in [-0.39, 0.29) is 11.9 Å². The Morgan fingerprint density at radius 3 is 2.55 bits per heavy atom. The monoisotopic (exact) mass is 436 g/mol. The molecule has 1 amide bonds. The van der Waals surface area contributed by atoms with E-state index in [1.807, 2.05) is 31.5 Å². The van der Waals surface area contributed by atoms with Crippen molar-refractivity contribution in [3.05, 3.63) is 99.6 Å². The molecular formula is C25H22F2N2OS. The molecule has 1 aromatic heterocycles. The van der Waals surface area contributed by atoms with Gasteiger partial charge in [-0.15, -0.1) is 11.3 Å². The summed E-state index contributed by atoms with van der Waals surface area (Å²) in [5.41, 5.74) is 7.07. The van der Waals surface area contributed by atoms with Gasteiger partial charge in [0, 0.05) is 17.7 Å². The third-order valence-corrected chi connectivity index (χ3v) is 5.85. The summed E-state index contributed by atoms with van der Waals surface area (Å²) in [4.78, 5) is 17.2. The summed E-state index contributed by atoms with van der Waals surface area (Å²) in [5.74, 6) is -1.44. The topological polar surface area (TPSA) is 42.0 Å². The van der Waals surface area contributed by atoms with Gasteiger partial charge in [0.15, 0.2) is 0 Å². The molecule has 0 bridgehead atoms. The van der Waals surface area contributed by atoms with Crippen LogP contribution >= 0.6 is 11.3 Å². The van der Waals surface area contributed by atoms with E-state index < -0.39 is 11.6 Å². The summed E-state index contributed by atoms with van der Waals surface area (Å²) < 4.78 is 28.0. The molecule has 0 saturated carbocycles. The third-order valence-electron chi connectivity index (χ3n) is 5.04. The number of thiazole rings is 1. The lowest BCUT2D eigenvalue weighted by Gasteiger charge is -2.15. The normalized spacial score (nSPS) is 12.1. The maximum Gasteiger partial charge on any atom is 0.251 e. The predicted octanol–water partition coefficient (Wildman–Crippen LogP) is 5.83. The van der Waals surface area contributed by atoms with Crippen LogP contribution in [0, 0.1) is 18.6 Å². The molecule has 4 aromatic rings. The minimum Gasteiger partial charge on any atom is -0.349 e. The van der Waals surface area contributed by atoms with Gasteiger partial charge in [-0.3, -0.25) is 4.79 Å². The number of amides is 1. The van der Waals surface area contributed by atoms with E-state index in [0.717, 1.165) is 33.0 Å². The first kappa shape index (κ1) is 21.1. The molecule has 0 fully saturated rings. The van der Waals surface area contributed by atoms with Gasteiger partial charge in [0.2, 0.25) is 0 Å². The number of hydrogen-bond acceptors (Lipinski definition) is 3. The highest BCUT2D eigenvalue weighted by atomic mass is 32.1. The molecule has 3 nitrogen and oxygen atoms in total. The summed E-state index contributed by atoms with van der Waals surface area (Å²) in [6, 6.07) is 15.2. The Morgan fingerprint density at radius 1 is 1.00 bits per heavy atom. The van der Waals surface area contributed by atoms with Crippen molar-refractivity contribution in [1.82, 2.24) is 10.3 Å². The van der Waals surface area contributed by atoms with Gasteiger partial charge in [-0.1, -0.05) is 17.7 Å². The lowest BCUT2D eigenvalue weighted by molar-refractivity contribution is 0.0940. The van der Waals surface area contributed by atoms with Crippen molar-refractivity contribution in [2.24, 2.45) is 0 Å². The first-order valence-electron chi connectivity index (χ1n) is 10.0. The number of carbonyl (C=O) groups is 1. The first-order chi connectivity index (χ1) is 14.9. The summed E-state index contributed by atoms with van der Waals surface area (Å²) in [6.07, 6.45) is 1.04. The van der Waals surface area contributed by atoms with Crippen molar-refractivity contribution in [2.45, 2.75) is 32.7 Å². The highest BCUT2D eigenvalue weighted by molar-refractivity contribution is 7.16. The number of rotatable bonds is 6. The number of fused-ring (bicyclic) bond motifs is 1. The van der Waals surface area contributed by atoms with Crippen LogP contribution < -0.4 is 5.32 Å². The molecule has 158 valence electrons. The molecule has 0 saturated heterocycles. The Hall–Kier alpha value is -3.12. The fourth-order valence-corrected chi connectivity index (χ4v) is 4.44. The molecule has 0 radical (unpaired) electrons. The van der Waals surface area contributed by atoms with Gasteiger partial charge in [0.25, 0.3) is 5.91 Å². The van der Waals surface area contributed by atoms with E-state index in [0.29, 0.717) is 24.0 Å². The van der Waals surface area contributed by atoms with Crippen LogP contribution in [0.3, 0.4) is 0 Å². The fraction of sp³-hybridized carbons (Fsp3) is 0.200. The van der Waals surface area contributed by atoms with E-state index in [2.05, 4.69) is 34.6 Å². The number of aryl methyl sites for hydroxylation is 1. The highest BCUT2D eigenvalue weighted by Gasteiger charge is 2.13. The zero-order chi connectivity index (χ0) is 22.0. The van der Waals surface area contributed by atoms with Crippen LogP contribution in [-0.2, 0) is 12.8 Å². The fourth-order valence-electron chi connectivity index (χ4n) is 3.79. The Morgan fingerprint density at radius 2 is 1.77 bits per heavy atom. The second kappa shape index (κ2) is 8.94. The smallest absolute Gasteiger partial charge is 0.251 e. The van der Waals surface area contributed by atoms with Crippen molar-refractivity contribution in [1.29, 1.82) is 0 Å². The van der Waals surface area contributed by atoms with Crippen LogP contribution in [0.5, 0.6) is 0 Å². The van der Waals surface area contributed by atoms with Gasteiger partial charge >= 0.3 is 0 Å². The molecule has 6 heteroatoms. The van der Waals surface area contributed by atoms with E-state index >= 15 is 0 Å². The van der Waals surface area contributed by atoms with E-state index in [1.165, 1.54) is 12.1 Å². The van der Waals surface area contributed by atoms with Crippen molar-refractivity contribution in [3.8, 4) is 0 Å². The lowest BCUT2D eigenvalue weighted by atomic mass is 9.99. The summed E-state index contributed by atoms with van der Waals surface area (Å²) in [7, 11) is 0. The average Bonchev–Trinajstić information content (AvgIpc) is 3.14. The largest absolute Gasteiger partial charge is 0.349 e. The van der Waals surface area contributed by atoms with E-state index in [4.69, 9.17) is 0 Å². The Labute approximate surface area is 183 Å². The summed E-state index contributed by atoms with van der Waals surface area (Å²) in [5, 5.41) is 2.93. The van der Waals surface area contributed by atoms with Gasteiger partial charge in [0.05, 0.1) is 15.7 Å². The van der Waals surface area contributed by atoms with Crippen LogP contribution in [0.25, 0.3) is 10.2 Å². The van der Waals surface area contributed by atoms with Crippen molar-refractivity contribution >= 4 is 27.5 Å². The minimum atomic E-state index is -0.618. The summed E-state index contributed by atoms with van der Waals surface area (Å²) in [6.45, 7) is 3.78. The van der Waals surface area contributed by atoms with Gasteiger partial charge in [0.1, 0.15) is 11.6 Å². The van der Waals surface area contributed by atoms with Gasteiger partial charge in [-0.2, -0.15) is 0 Å². The number of halogens is 2. The Kier molecular flexibility index (Phi) is 6.09. The van der Waals surface area contributed by atoms with Crippen LogP contribution in [0.4, 0.5) is 8.78 Å². The molecule has 4 rings (SSSR count). The lowest BCUT2D eigenvalue weighted by Crippen LogP contribution is -2.34. The quantitative estimate of drug-likeness (QED) is 0.413. The molecule has 1 N–H and O–H groups in total. The molecule has 1 heterocycles. The van der Waals surface area contributed by atoms with Crippen molar-refractivity contribution in [3.63, 3.8) is 0 Å². The highest BCUT2D eigenvalue weighted by Crippen LogP contribution is 2.21. The van der Waals surface area contributed by atoms with Crippen LogP contribution in [0.2, 0.25) is 0 Å². The molecule has 0 aliphatic carbocycles. The van der Waals surface area contributed by atoms with Crippen LogP contribution in [0.1, 0.15) is 39.5 Å². The van der Waals surface area contributed by atoms with E-state index in [9.17, 15) is 13.6 Å². The Balaban J connectivity index is 1.47. The number of aromatic nitrogens is 1. The van der Waals surface area contributed by atoms with Crippen molar-refractivity contribution < 1.29 is 13.6 Å². The zero-order valence-electron chi connectivity index (χ0n) is 17.3. The first-order valence-corrected chi connectivity index (χ1v) is 10.9. The Bertz CT molecular complexity index is 1230. The maximum absolute atomic E-state index is 13.4. The number of nitrogens with one attached hydrogen (secondary N) is 1. The van der Waals surface area contributed by atoms with Crippen molar-refractivity contribution in [2.75, 3.05) is 0 Å². The van der Waals surface area contributed by atoms with Gasteiger partial charge in [-0.25, -0.2) is 13.8 Å². The molecule has 1 atom stereocenters. The van der Waals surface area contributed by atoms with Gasteiger partial charge < -0.3 is 5.32 Å². The predicted molar refractivity (Wildman–Crippen MR) is 121 cm³/mol. The number of nitrogens with zero attached hydrogens (tertiary/aromatic N) is 1.